The summed E-state index contributed by atoms with van der Waals surface area (Å²) in [6.45, 7) is 1.28. The van der Waals surface area contributed by atoms with Crippen LogP contribution in [-0.4, -0.2) is 41.4 Å². The minimum Gasteiger partial charge on any atom is -0.480 e. The molecule has 0 bridgehead atoms. The fourth-order valence-electron chi connectivity index (χ4n) is 0.489. The second-order valence-corrected chi connectivity index (χ2v) is 6.06. The van der Waals surface area contributed by atoms with E-state index in [1.807, 2.05) is 0 Å². The van der Waals surface area contributed by atoms with Gasteiger partial charge in [0.15, 0.2) is 5.17 Å². The van der Waals surface area contributed by atoms with Gasteiger partial charge in [0.2, 0.25) is 0 Å². The molecule has 0 amide bonds. The molecule has 5 nitrogen and oxygen atoms in total. The topological polar surface area (TPSA) is 81.5 Å². The van der Waals surface area contributed by atoms with Gasteiger partial charge in [0.05, 0.1) is 0 Å². The fourth-order valence-corrected chi connectivity index (χ4v) is 2.27. The van der Waals surface area contributed by atoms with E-state index in [9.17, 15) is 9.36 Å². The minimum absolute atomic E-state index is 0.0313. The first-order valence-electron chi connectivity index (χ1n) is 3.13. The predicted octanol–water partition coefficient (Wildman–Crippen LogP) is 0.775. The van der Waals surface area contributed by atoms with Gasteiger partial charge in [0.1, 0.15) is 13.5 Å². The second kappa shape index (κ2) is 5.22. The smallest absolute Gasteiger partial charge is 0.323 e. The Labute approximate surface area is 75.2 Å². The molecule has 1 unspecified atom stereocenters. The van der Waals surface area contributed by atoms with Crippen LogP contribution in [0.4, 0.5) is 0 Å². The number of carboxylic acids is 1. The van der Waals surface area contributed by atoms with E-state index in [1.165, 1.54) is 18.6 Å². The summed E-state index contributed by atoms with van der Waals surface area (Å²) in [5, 5.41) is 15.7. The van der Waals surface area contributed by atoms with Crippen molar-refractivity contribution in [1.29, 1.82) is 5.41 Å². The highest BCUT2D eigenvalue weighted by Crippen LogP contribution is 2.34. The number of hydrogen-bond donors (Lipinski definition) is 2. The Morgan fingerprint density at radius 1 is 1.75 bits per heavy atom. The molecule has 12 heavy (non-hydrogen) atoms. The molecule has 0 spiro atoms. The molecule has 7 heteroatoms. The standard InChI is InChI=1S/C5H11N2O3PS/c1-7(3-4(8)9)5(6)12-11(2)10/h6,11H,3H2,1-2H3,(H,8,9). The highest BCUT2D eigenvalue weighted by atomic mass is 32.7. The molecular weight excluding hydrogens is 199 g/mol. The van der Waals surface area contributed by atoms with Gasteiger partial charge in [-0.05, 0) is 18.0 Å². The Hall–Kier alpha value is -0.480. The van der Waals surface area contributed by atoms with Crippen LogP contribution < -0.4 is 0 Å². The second-order valence-electron chi connectivity index (χ2n) is 2.15. The van der Waals surface area contributed by atoms with E-state index in [-0.39, 0.29) is 11.7 Å². The van der Waals surface area contributed by atoms with Crippen LogP contribution in [0.1, 0.15) is 0 Å². The number of carbonyl (C=O) groups is 1. The molecule has 1 atom stereocenters. The van der Waals surface area contributed by atoms with Gasteiger partial charge in [-0.3, -0.25) is 10.2 Å². The average molecular weight is 210 g/mol. The molecular formula is C5H11N2O3PS. The maximum atomic E-state index is 10.7. The van der Waals surface area contributed by atoms with Crippen molar-refractivity contribution in [2.75, 3.05) is 20.3 Å². The van der Waals surface area contributed by atoms with Crippen molar-refractivity contribution in [3.05, 3.63) is 0 Å². The molecule has 0 fully saturated rings. The van der Waals surface area contributed by atoms with E-state index in [4.69, 9.17) is 10.5 Å². The van der Waals surface area contributed by atoms with Gasteiger partial charge in [-0.15, -0.1) is 0 Å². The first-order valence-corrected chi connectivity index (χ1v) is 6.58. The Bertz CT molecular complexity index is 221. The van der Waals surface area contributed by atoms with E-state index in [0.29, 0.717) is 0 Å². The third-order valence-electron chi connectivity index (χ3n) is 0.960. The average Bonchev–Trinajstić information content (AvgIpc) is 1.84. The molecule has 70 valence electrons. The summed E-state index contributed by atoms with van der Waals surface area (Å²) in [4.78, 5) is 11.4. The van der Waals surface area contributed by atoms with Crippen molar-refractivity contribution >= 4 is 29.5 Å². The summed E-state index contributed by atoms with van der Waals surface area (Å²) >= 11 is 0.897. The van der Waals surface area contributed by atoms with Crippen LogP contribution in [0.3, 0.4) is 0 Å². The maximum Gasteiger partial charge on any atom is 0.323 e. The Morgan fingerprint density at radius 2 is 2.25 bits per heavy atom. The summed E-state index contributed by atoms with van der Waals surface area (Å²) in [6.07, 6.45) is 0. The van der Waals surface area contributed by atoms with E-state index in [1.54, 1.807) is 0 Å². The zero-order valence-corrected chi connectivity index (χ0v) is 8.64. The molecule has 0 aliphatic rings. The van der Waals surface area contributed by atoms with Gasteiger partial charge in [-0.1, -0.05) is 0 Å². The molecule has 0 saturated heterocycles. The summed E-state index contributed by atoms with van der Waals surface area (Å²) in [5.74, 6) is -1.00. The van der Waals surface area contributed by atoms with E-state index in [0.717, 1.165) is 11.4 Å². The molecule has 0 saturated carbocycles. The van der Waals surface area contributed by atoms with Crippen LogP contribution in [0.25, 0.3) is 0 Å². The van der Waals surface area contributed by atoms with Crippen molar-refractivity contribution in [3.8, 4) is 0 Å². The van der Waals surface area contributed by atoms with Crippen LogP contribution in [0.15, 0.2) is 0 Å². The predicted molar refractivity (Wildman–Crippen MR) is 50.5 cm³/mol. The monoisotopic (exact) mass is 210 g/mol. The Balaban J connectivity index is 3.93. The van der Waals surface area contributed by atoms with Gasteiger partial charge < -0.3 is 14.6 Å². The summed E-state index contributed by atoms with van der Waals surface area (Å²) in [5.41, 5.74) is 0. The van der Waals surface area contributed by atoms with Crippen molar-refractivity contribution in [2.45, 2.75) is 0 Å². The lowest BCUT2D eigenvalue weighted by atomic mass is 10.6. The van der Waals surface area contributed by atoms with Crippen molar-refractivity contribution in [1.82, 2.24) is 4.90 Å². The minimum atomic E-state index is -1.81. The van der Waals surface area contributed by atoms with Crippen molar-refractivity contribution in [3.63, 3.8) is 0 Å². The molecule has 0 radical (unpaired) electrons. The van der Waals surface area contributed by atoms with E-state index < -0.39 is 13.0 Å². The van der Waals surface area contributed by atoms with Crippen molar-refractivity contribution in [2.24, 2.45) is 0 Å². The maximum absolute atomic E-state index is 10.7. The Kier molecular flexibility index (Phi) is 5.01. The van der Waals surface area contributed by atoms with Crippen molar-refractivity contribution < 1.29 is 14.5 Å². The van der Waals surface area contributed by atoms with E-state index >= 15 is 0 Å². The normalized spacial score (nSPS) is 12.2. The van der Waals surface area contributed by atoms with Crippen LogP contribution in [0, 0.1) is 5.41 Å². The number of aliphatic carboxylic acids is 1. The number of rotatable bonds is 3. The van der Waals surface area contributed by atoms with Gasteiger partial charge >= 0.3 is 5.97 Å². The van der Waals surface area contributed by atoms with Crippen LogP contribution in [0.2, 0.25) is 0 Å². The first-order chi connectivity index (χ1) is 5.43. The SMILES string of the molecule is CN(CC(=O)O)C(=N)S[PH](C)=O. The molecule has 0 aliphatic heterocycles. The number of nitrogens with one attached hydrogen (secondary N) is 1. The summed E-state index contributed by atoms with van der Waals surface area (Å²) < 4.78 is 10.7. The fraction of sp³-hybridized carbons (Fsp3) is 0.600. The number of amidine groups is 1. The largest absolute Gasteiger partial charge is 0.480 e. The third kappa shape index (κ3) is 5.21. The molecule has 0 aromatic carbocycles. The van der Waals surface area contributed by atoms with Crippen LogP contribution >= 0.6 is 18.4 Å². The molecule has 0 aromatic rings. The van der Waals surface area contributed by atoms with Gasteiger partial charge in [0.25, 0.3) is 0 Å². The zero-order chi connectivity index (χ0) is 9.72. The van der Waals surface area contributed by atoms with Gasteiger partial charge in [-0.25, -0.2) is 0 Å². The quantitative estimate of drug-likeness (QED) is 0.408. The Morgan fingerprint density at radius 3 is 2.58 bits per heavy atom. The summed E-state index contributed by atoms with van der Waals surface area (Å²) in [6, 6.07) is 0. The number of hydrogen-bond acceptors (Lipinski definition) is 4. The molecule has 2 N–H and O–H groups in total. The summed E-state index contributed by atoms with van der Waals surface area (Å²) in [7, 11) is -0.326. The number of likely N-dealkylation sites (N-methyl/N-ethyl adjacent to an activating group) is 1. The molecule has 0 aliphatic carbocycles. The highest BCUT2D eigenvalue weighted by Gasteiger charge is 2.09. The zero-order valence-electron chi connectivity index (χ0n) is 6.83. The van der Waals surface area contributed by atoms with Gasteiger partial charge in [0, 0.05) is 7.05 Å². The van der Waals surface area contributed by atoms with E-state index in [2.05, 4.69) is 0 Å². The lowest BCUT2D eigenvalue weighted by molar-refractivity contribution is -0.137. The third-order valence-corrected chi connectivity index (χ3v) is 3.19. The number of carboxylic acid groups (broad SMARTS) is 1. The first kappa shape index (κ1) is 11.5. The molecule has 0 aromatic heterocycles. The lowest BCUT2D eigenvalue weighted by Gasteiger charge is -2.15. The molecule has 0 rings (SSSR count). The van der Waals surface area contributed by atoms with Crippen LogP contribution in [0.5, 0.6) is 0 Å². The van der Waals surface area contributed by atoms with Gasteiger partial charge in [-0.2, -0.15) is 0 Å². The van der Waals surface area contributed by atoms with Crippen LogP contribution in [-0.2, 0) is 9.36 Å². The molecule has 0 heterocycles. The highest BCUT2D eigenvalue weighted by molar-refractivity contribution is 8.59. The number of nitrogens with zero attached hydrogens (tertiary/aromatic N) is 1. The lowest BCUT2D eigenvalue weighted by Crippen LogP contribution is -2.28.